The number of nitrogens with zero attached hydrogens (tertiary/aromatic N) is 2. The Morgan fingerprint density at radius 3 is 2.55 bits per heavy atom. The highest BCUT2D eigenvalue weighted by Gasteiger charge is 2.49. The van der Waals surface area contributed by atoms with E-state index in [-0.39, 0.29) is 10.4 Å². The van der Waals surface area contributed by atoms with Gasteiger partial charge in [0.1, 0.15) is 16.2 Å². The van der Waals surface area contributed by atoms with Crippen LogP contribution in [-0.2, 0) is 14.8 Å². The Hall–Kier alpha value is -3.50. The van der Waals surface area contributed by atoms with E-state index in [1.165, 1.54) is 61.0 Å². The number of amides is 1. The van der Waals surface area contributed by atoms with Crippen molar-refractivity contribution in [2.45, 2.75) is 16.4 Å². The lowest BCUT2D eigenvalue weighted by molar-refractivity contribution is -0.122. The van der Waals surface area contributed by atoms with E-state index in [2.05, 4.69) is 14.7 Å². The first kappa shape index (κ1) is 22.7. The van der Waals surface area contributed by atoms with E-state index in [4.69, 9.17) is 5.73 Å². The molecular formula is C23H20F2N4O3S. The van der Waals surface area contributed by atoms with Crippen molar-refractivity contribution in [3.05, 3.63) is 90.5 Å². The Kier molecular flexibility index (Phi) is 6.05. The van der Waals surface area contributed by atoms with Gasteiger partial charge in [0.25, 0.3) is 0 Å². The van der Waals surface area contributed by atoms with Crippen LogP contribution in [0.1, 0.15) is 11.5 Å². The fourth-order valence-corrected chi connectivity index (χ4v) is 5.73. The van der Waals surface area contributed by atoms with Crippen molar-refractivity contribution < 1.29 is 22.0 Å². The Morgan fingerprint density at radius 1 is 1.12 bits per heavy atom. The molecule has 1 aliphatic carbocycles. The lowest BCUT2D eigenvalue weighted by atomic mass is 9.70. The summed E-state index contributed by atoms with van der Waals surface area (Å²) in [6, 6.07) is 9.44. The third-order valence-corrected chi connectivity index (χ3v) is 7.20. The van der Waals surface area contributed by atoms with Crippen LogP contribution in [0, 0.1) is 11.7 Å². The molecule has 10 heteroatoms. The van der Waals surface area contributed by atoms with Crippen LogP contribution in [0.25, 0.3) is 11.0 Å². The van der Waals surface area contributed by atoms with Gasteiger partial charge < -0.3 is 5.73 Å². The number of benzene rings is 2. The third-order valence-electron chi connectivity index (χ3n) is 5.67. The predicted octanol–water partition coefficient (Wildman–Crippen LogP) is 2.77. The molecule has 0 bridgehead atoms. The highest BCUT2D eigenvalue weighted by molar-refractivity contribution is 7.89. The molecule has 3 aromatic rings. The van der Waals surface area contributed by atoms with Crippen molar-refractivity contribution in [3.63, 3.8) is 0 Å². The molecule has 1 amide bonds. The van der Waals surface area contributed by atoms with Crippen LogP contribution in [0.4, 0.5) is 8.78 Å². The van der Waals surface area contributed by atoms with Gasteiger partial charge in [0.2, 0.25) is 15.9 Å². The van der Waals surface area contributed by atoms with Gasteiger partial charge in [-0.2, -0.15) is 4.72 Å². The van der Waals surface area contributed by atoms with E-state index < -0.39 is 45.8 Å². The number of fused-ring (bicyclic) bond motifs is 1. The second kappa shape index (κ2) is 8.80. The van der Waals surface area contributed by atoms with Gasteiger partial charge in [0.05, 0.1) is 23.6 Å². The van der Waals surface area contributed by atoms with Gasteiger partial charge in [0, 0.05) is 18.3 Å². The smallest absolute Gasteiger partial charge is 0.243 e. The number of hydrogen-bond acceptors (Lipinski definition) is 5. The lowest BCUT2D eigenvalue weighted by Gasteiger charge is -2.42. The van der Waals surface area contributed by atoms with Gasteiger partial charge in [-0.15, -0.1) is 0 Å². The lowest BCUT2D eigenvalue weighted by Crippen LogP contribution is -2.60. The van der Waals surface area contributed by atoms with Crippen LogP contribution in [0.2, 0.25) is 0 Å². The molecule has 2 aromatic carbocycles. The van der Waals surface area contributed by atoms with E-state index in [0.29, 0.717) is 11.1 Å². The molecule has 1 aromatic heterocycles. The number of carbonyl (C=O) groups is 1. The Morgan fingerprint density at radius 2 is 1.85 bits per heavy atom. The molecule has 170 valence electrons. The Bertz CT molecular complexity index is 1350. The molecular weight excluding hydrogens is 450 g/mol. The second-order valence-corrected chi connectivity index (χ2v) is 9.25. The summed E-state index contributed by atoms with van der Waals surface area (Å²) < 4.78 is 57.9. The first-order valence-corrected chi connectivity index (χ1v) is 11.5. The van der Waals surface area contributed by atoms with Crippen LogP contribution in [-0.4, -0.2) is 36.5 Å². The highest BCUT2D eigenvalue weighted by Crippen LogP contribution is 2.40. The molecule has 0 saturated carbocycles. The SMILES string of the molecule is NC(=O)C1C=CC=CC1(NS(=O)(=O)c1cccc2nccnc12)C(CF)c1ccc(F)cc1. The largest absolute Gasteiger partial charge is 0.369 e. The fraction of sp³-hybridized carbons (Fsp3) is 0.174. The van der Waals surface area contributed by atoms with Crippen LogP contribution in [0.5, 0.6) is 0 Å². The number of hydrogen-bond donors (Lipinski definition) is 2. The molecule has 0 fully saturated rings. The van der Waals surface area contributed by atoms with Gasteiger partial charge in [-0.3, -0.25) is 19.2 Å². The van der Waals surface area contributed by atoms with Crippen molar-refractivity contribution in [3.8, 4) is 0 Å². The number of primary amides is 1. The molecule has 0 spiro atoms. The molecule has 0 aliphatic heterocycles. The number of nitrogens with one attached hydrogen (secondary N) is 1. The average Bonchev–Trinajstić information content (AvgIpc) is 2.80. The summed E-state index contributed by atoms with van der Waals surface area (Å²) in [5.74, 6) is -3.79. The number of halogens is 2. The first-order chi connectivity index (χ1) is 15.8. The van der Waals surface area contributed by atoms with Gasteiger partial charge in [-0.25, -0.2) is 12.8 Å². The number of nitrogens with two attached hydrogens (primary N) is 1. The summed E-state index contributed by atoms with van der Waals surface area (Å²) in [6.45, 7) is -1.05. The number of allylic oxidation sites excluding steroid dienone is 2. The summed E-state index contributed by atoms with van der Waals surface area (Å²) in [6.07, 6.45) is 8.65. The number of carbonyl (C=O) groups excluding carboxylic acids is 1. The third kappa shape index (κ3) is 4.14. The van der Waals surface area contributed by atoms with Crippen LogP contribution in [0.15, 0.2) is 84.1 Å². The highest BCUT2D eigenvalue weighted by atomic mass is 32.2. The predicted molar refractivity (Wildman–Crippen MR) is 119 cm³/mol. The van der Waals surface area contributed by atoms with Crippen molar-refractivity contribution >= 4 is 27.0 Å². The molecule has 1 heterocycles. The first-order valence-electron chi connectivity index (χ1n) is 9.99. The molecule has 0 radical (unpaired) electrons. The van der Waals surface area contributed by atoms with Gasteiger partial charge in [-0.05, 0) is 29.8 Å². The number of para-hydroxylation sites is 1. The Labute approximate surface area is 189 Å². The topological polar surface area (TPSA) is 115 Å². The van der Waals surface area contributed by atoms with Crippen molar-refractivity contribution in [1.82, 2.24) is 14.7 Å². The number of aromatic nitrogens is 2. The number of sulfonamides is 1. The number of alkyl halides is 1. The van der Waals surface area contributed by atoms with E-state index in [0.717, 1.165) is 12.1 Å². The quantitative estimate of drug-likeness (QED) is 0.551. The van der Waals surface area contributed by atoms with Crippen LogP contribution < -0.4 is 10.5 Å². The molecule has 0 saturated heterocycles. The molecule has 7 nitrogen and oxygen atoms in total. The Balaban J connectivity index is 1.90. The molecule has 4 rings (SSSR count). The molecule has 1 aliphatic rings. The zero-order valence-corrected chi connectivity index (χ0v) is 18.0. The van der Waals surface area contributed by atoms with Crippen LogP contribution in [0.3, 0.4) is 0 Å². The monoisotopic (exact) mass is 470 g/mol. The van der Waals surface area contributed by atoms with Crippen molar-refractivity contribution in [2.24, 2.45) is 11.7 Å². The summed E-state index contributed by atoms with van der Waals surface area (Å²) in [5.41, 5.74) is 4.59. The van der Waals surface area contributed by atoms with E-state index >= 15 is 0 Å². The minimum atomic E-state index is -4.37. The summed E-state index contributed by atoms with van der Waals surface area (Å²) in [5, 5.41) is 0. The zero-order chi connectivity index (χ0) is 23.6. The minimum Gasteiger partial charge on any atom is -0.369 e. The summed E-state index contributed by atoms with van der Waals surface area (Å²) in [4.78, 5) is 20.5. The molecule has 3 atom stereocenters. The maximum Gasteiger partial charge on any atom is 0.243 e. The van der Waals surface area contributed by atoms with Crippen LogP contribution >= 0.6 is 0 Å². The van der Waals surface area contributed by atoms with Gasteiger partial charge in [-0.1, -0.05) is 42.5 Å². The fourth-order valence-electron chi connectivity index (χ4n) is 4.14. The molecule has 3 N–H and O–H groups in total. The van der Waals surface area contributed by atoms with E-state index in [1.807, 2.05) is 0 Å². The van der Waals surface area contributed by atoms with Crippen molar-refractivity contribution in [1.29, 1.82) is 0 Å². The van der Waals surface area contributed by atoms with Gasteiger partial charge >= 0.3 is 0 Å². The maximum absolute atomic E-state index is 14.6. The van der Waals surface area contributed by atoms with E-state index in [1.54, 1.807) is 6.07 Å². The minimum absolute atomic E-state index is 0.118. The summed E-state index contributed by atoms with van der Waals surface area (Å²) in [7, 11) is -4.37. The summed E-state index contributed by atoms with van der Waals surface area (Å²) >= 11 is 0. The average molecular weight is 471 g/mol. The standard InChI is InChI=1S/C23H20F2N4O3S/c24-14-18(15-7-9-16(25)10-8-15)23(11-2-1-4-17(23)22(26)30)29-33(31,32)20-6-3-5-19-21(20)28-13-12-27-19/h1-13,17-18,29H,14H2,(H2,26,30). The molecule has 33 heavy (non-hydrogen) atoms. The second-order valence-electron chi connectivity index (χ2n) is 7.60. The maximum atomic E-state index is 14.6. The normalized spacial score (nSPS) is 21.2. The van der Waals surface area contributed by atoms with Crippen molar-refractivity contribution in [2.75, 3.05) is 6.67 Å². The zero-order valence-electron chi connectivity index (χ0n) is 17.2. The van der Waals surface area contributed by atoms with E-state index in [9.17, 15) is 22.0 Å². The number of rotatable bonds is 7. The molecule has 3 unspecified atom stereocenters. The van der Waals surface area contributed by atoms with Gasteiger partial charge in [0.15, 0.2) is 0 Å².